The topological polar surface area (TPSA) is 29.1 Å². The van der Waals surface area contributed by atoms with Gasteiger partial charge < -0.3 is 5.32 Å². The fourth-order valence-corrected chi connectivity index (χ4v) is 3.37. The second-order valence-corrected chi connectivity index (χ2v) is 6.28. The van der Waals surface area contributed by atoms with Gasteiger partial charge in [-0.25, -0.2) is 4.39 Å². The molecule has 1 saturated carbocycles. The quantitative estimate of drug-likeness (QED) is 0.915. The van der Waals surface area contributed by atoms with E-state index >= 15 is 0 Å². The molecule has 1 amide bonds. The highest BCUT2D eigenvalue weighted by Crippen LogP contribution is 2.41. The van der Waals surface area contributed by atoms with Gasteiger partial charge in [-0.2, -0.15) is 0 Å². The zero-order chi connectivity index (χ0) is 14.0. The van der Waals surface area contributed by atoms with E-state index in [0.717, 1.165) is 29.7 Å². The fraction of sp³-hybridized carbons (Fsp3) is 0.312. The highest BCUT2D eigenvalue weighted by atomic mass is 32.1. The summed E-state index contributed by atoms with van der Waals surface area (Å²) in [5.41, 5.74) is 0.715. The van der Waals surface area contributed by atoms with Crippen LogP contribution in [0.25, 0.3) is 0 Å². The lowest BCUT2D eigenvalue weighted by atomic mass is 9.71. The molecule has 1 N–H and O–H groups in total. The molecule has 4 heteroatoms. The van der Waals surface area contributed by atoms with Gasteiger partial charge in [0.2, 0.25) is 5.91 Å². The normalized spacial score (nSPS) is 16.4. The van der Waals surface area contributed by atoms with E-state index in [-0.39, 0.29) is 17.3 Å². The summed E-state index contributed by atoms with van der Waals surface area (Å²) in [6.45, 7) is 0. The van der Waals surface area contributed by atoms with Gasteiger partial charge in [-0.3, -0.25) is 4.79 Å². The third kappa shape index (κ3) is 2.61. The SMILES string of the molecule is O=C(Cc1cccs1)NC1(c2ccc(F)cc2)CCC1. The summed E-state index contributed by atoms with van der Waals surface area (Å²) in [4.78, 5) is 13.2. The maximum atomic E-state index is 13.0. The number of rotatable bonds is 4. The molecule has 1 aliphatic carbocycles. The van der Waals surface area contributed by atoms with Crippen molar-refractivity contribution in [3.8, 4) is 0 Å². The maximum absolute atomic E-state index is 13.0. The molecule has 1 heterocycles. The number of thiophene rings is 1. The van der Waals surface area contributed by atoms with E-state index in [1.165, 1.54) is 12.1 Å². The van der Waals surface area contributed by atoms with Gasteiger partial charge in [0.25, 0.3) is 0 Å². The summed E-state index contributed by atoms with van der Waals surface area (Å²) in [5, 5.41) is 5.12. The summed E-state index contributed by atoms with van der Waals surface area (Å²) in [5.74, 6) is -0.204. The molecular weight excluding hydrogens is 273 g/mol. The zero-order valence-corrected chi connectivity index (χ0v) is 11.9. The smallest absolute Gasteiger partial charge is 0.225 e. The number of hydrogen-bond donors (Lipinski definition) is 1. The van der Waals surface area contributed by atoms with Gasteiger partial charge in [0.15, 0.2) is 0 Å². The van der Waals surface area contributed by atoms with Crippen LogP contribution in [0.4, 0.5) is 4.39 Å². The van der Waals surface area contributed by atoms with E-state index in [1.807, 2.05) is 17.5 Å². The molecular formula is C16H16FNOS. The van der Waals surface area contributed by atoms with Crippen LogP contribution in [0.15, 0.2) is 41.8 Å². The predicted octanol–water partition coefficient (Wildman–Crippen LogP) is 3.63. The molecule has 104 valence electrons. The molecule has 2 nitrogen and oxygen atoms in total. The molecule has 0 spiro atoms. The number of carbonyl (C=O) groups excluding carboxylic acids is 1. The average Bonchev–Trinajstić information content (AvgIpc) is 2.88. The van der Waals surface area contributed by atoms with Crippen molar-refractivity contribution in [1.29, 1.82) is 0 Å². The Morgan fingerprint density at radius 1 is 1.25 bits per heavy atom. The molecule has 0 unspecified atom stereocenters. The number of benzene rings is 1. The lowest BCUT2D eigenvalue weighted by Crippen LogP contribution is -2.51. The molecule has 0 atom stereocenters. The minimum Gasteiger partial charge on any atom is -0.346 e. The summed E-state index contributed by atoms with van der Waals surface area (Å²) in [6.07, 6.45) is 3.36. The van der Waals surface area contributed by atoms with Crippen LogP contribution in [0.2, 0.25) is 0 Å². The van der Waals surface area contributed by atoms with Crippen molar-refractivity contribution in [1.82, 2.24) is 5.32 Å². The van der Waals surface area contributed by atoms with Gasteiger partial charge in [0.05, 0.1) is 12.0 Å². The summed E-state index contributed by atoms with van der Waals surface area (Å²) in [7, 11) is 0. The van der Waals surface area contributed by atoms with E-state index in [1.54, 1.807) is 23.5 Å². The van der Waals surface area contributed by atoms with Crippen molar-refractivity contribution in [2.75, 3.05) is 0 Å². The van der Waals surface area contributed by atoms with Crippen molar-refractivity contribution < 1.29 is 9.18 Å². The number of hydrogen-bond acceptors (Lipinski definition) is 2. The van der Waals surface area contributed by atoms with E-state index in [0.29, 0.717) is 6.42 Å². The first-order valence-electron chi connectivity index (χ1n) is 6.77. The molecule has 1 aromatic heterocycles. The van der Waals surface area contributed by atoms with Crippen molar-refractivity contribution >= 4 is 17.2 Å². The van der Waals surface area contributed by atoms with E-state index in [4.69, 9.17) is 0 Å². The van der Waals surface area contributed by atoms with Gasteiger partial charge in [-0.1, -0.05) is 18.2 Å². The van der Waals surface area contributed by atoms with Crippen LogP contribution in [-0.4, -0.2) is 5.91 Å². The van der Waals surface area contributed by atoms with Crippen LogP contribution in [-0.2, 0) is 16.8 Å². The third-order valence-electron chi connectivity index (χ3n) is 3.90. The molecule has 0 aliphatic heterocycles. The average molecular weight is 289 g/mol. The van der Waals surface area contributed by atoms with Crippen molar-refractivity contribution in [2.24, 2.45) is 0 Å². The number of halogens is 1. The highest BCUT2D eigenvalue weighted by molar-refractivity contribution is 7.10. The Bertz CT molecular complexity index is 587. The minimum atomic E-state index is -0.290. The monoisotopic (exact) mass is 289 g/mol. The number of carbonyl (C=O) groups is 1. The van der Waals surface area contributed by atoms with E-state index in [2.05, 4.69) is 5.32 Å². The Kier molecular flexibility index (Phi) is 3.57. The lowest BCUT2D eigenvalue weighted by Gasteiger charge is -2.43. The molecule has 0 bridgehead atoms. The second kappa shape index (κ2) is 5.37. The van der Waals surface area contributed by atoms with Gasteiger partial charge in [-0.05, 0) is 48.4 Å². The highest BCUT2D eigenvalue weighted by Gasteiger charge is 2.39. The molecule has 2 aromatic rings. The number of amides is 1. The Labute approximate surface area is 121 Å². The van der Waals surface area contributed by atoms with Crippen LogP contribution < -0.4 is 5.32 Å². The van der Waals surface area contributed by atoms with Crippen molar-refractivity contribution in [2.45, 2.75) is 31.2 Å². The fourth-order valence-electron chi connectivity index (χ4n) is 2.67. The first kappa shape index (κ1) is 13.3. The molecule has 1 aliphatic rings. The first-order valence-corrected chi connectivity index (χ1v) is 7.65. The Hall–Kier alpha value is -1.68. The molecule has 1 fully saturated rings. The zero-order valence-electron chi connectivity index (χ0n) is 11.1. The van der Waals surface area contributed by atoms with Crippen molar-refractivity contribution in [3.05, 3.63) is 58.0 Å². The summed E-state index contributed by atoms with van der Waals surface area (Å²) < 4.78 is 13.0. The van der Waals surface area contributed by atoms with Gasteiger partial charge >= 0.3 is 0 Å². The molecule has 0 radical (unpaired) electrons. The van der Waals surface area contributed by atoms with Gasteiger partial charge in [-0.15, -0.1) is 11.3 Å². The Morgan fingerprint density at radius 2 is 2.00 bits per heavy atom. The number of nitrogens with one attached hydrogen (secondary N) is 1. The summed E-state index contributed by atoms with van der Waals surface area (Å²) in [6, 6.07) is 10.4. The Morgan fingerprint density at radius 3 is 2.55 bits per heavy atom. The molecule has 0 saturated heterocycles. The van der Waals surface area contributed by atoms with Gasteiger partial charge in [0.1, 0.15) is 5.82 Å². The molecule has 3 rings (SSSR count). The standard InChI is InChI=1S/C16H16FNOS/c17-13-6-4-12(5-7-13)16(8-2-9-16)18-15(19)11-14-3-1-10-20-14/h1,3-7,10H,2,8-9,11H2,(H,18,19). The summed E-state index contributed by atoms with van der Waals surface area (Å²) >= 11 is 1.59. The third-order valence-corrected chi connectivity index (χ3v) is 4.77. The molecule has 20 heavy (non-hydrogen) atoms. The maximum Gasteiger partial charge on any atom is 0.225 e. The van der Waals surface area contributed by atoms with Crippen molar-refractivity contribution in [3.63, 3.8) is 0 Å². The largest absolute Gasteiger partial charge is 0.346 e. The molecule has 1 aromatic carbocycles. The lowest BCUT2D eigenvalue weighted by molar-refractivity contribution is -0.123. The van der Waals surface area contributed by atoms with Crippen LogP contribution >= 0.6 is 11.3 Å². The van der Waals surface area contributed by atoms with Crippen LogP contribution in [0.1, 0.15) is 29.7 Å². The van der Waals surface area contributed by atoms with Crippen LogP contribution in [0.5, 0.6) is 0 Å². The minimum absolute atomic E-state index is 0.0384. The Balaban J connectivity index is 1.73. The van der Waals surface area contributed by atoms with E-state index in [9.17, 15) is 9.18 Å². The first-order chi connectivity index (χ1) is 9.68. The van der Waals surface area contributed by atoms with Crippen LogP contribution in [0, 0.1) is 5.82 Å². The van der Waals surface area contributed by atoms with Crippen LogP contribution in [0.3, 0.4) is 0 Å². The van der Waals surface area contributed by atoms with Gasteiger partial charge in [0, 0.05) is 4.88 Å². The second-order valence-electron chi connectivity index (χ2n) is 5.25. The predicted molar refractivity (Wildman–Crippen MR) is 78.1 cm³/mol. The van der Waals surface area contributed by atoms with E-state index < -0.39 is 0 Å².